The number of nitrogens with zero attached hydrogens (tertiary/aromatic N) is 1. The Labute approximate surface area is 151 Å². The highest BCUT2D eigenvalue weighted by molar-refractivity contribution is 5.88. The van der Waals surface area contributed by atoms with Crippen molar-refractivity contribution in [2.24, 2.45) is 5.73 Å². The summed E-state index contributed by atoms with van der Waals surface area (Å²) in [4.78, 5) is 14.3. The van der Waals surface area contributed by atoms with Crippen molar-refractivity contribution in [1.82, 2.24) is 10.2 Å². The molecule has 23 heavy (non-hydrogen) atoms. The summed E-state index contributed by atoms with van der Waals surface area (Å²) in [5.41, 5.74) is 7.78. The molecule has 0 bridgehead atoms. The van der Waals surface area contributed by atoms with Crippen molar-refractivity contribution >= 4 is 30.7 Å². The van der Waals surface area contributed by atoms with Crippen LogP contribution in [-0.4, -0.2) is 29.4 Å². The summed E-state index contributed by atoms with van der Waals surface area (Å²) in [5, 5.41) is 2.93. The minimum absolute atomic E-state index is 0. The minimum atomic E-state index is -0.575. The Morgan fingerprint density at radius 2 is 1.61 bits per heavy atom. The number of amides is 1. The van der Waals surface area contributed by atoms with Crippen molar-refractivity contribution < 1.29 is 4.79 Å². The van der Waals surface area contributed by atoms with Gasteiger partial charge in [0, 0.05) is 13.1 Å². The van der Waals surface area contributed by atoms with E-state index < -0.39 is 5.54 Å². The maximum absolute atomic E-state index is 11.8. The standard InChI is InChI=1S/C17H25N3O.2ClH/c18-17(8-9-17)16(21)19-12-14-4-6-15(7-5-14)13-20-10-2-1-3-11-20;;/h4-7H,1-3,8-13,18H2,(H,19,21);2*1H. The van der Waals surface area contributed by atoms with Crippen LogP contribution in [0.15, 0.2) is 24.3 Å². The number of hydrogen-bond acceptors (Lipinski definition) is 3. The van der Waals surface area contributed by atoms with Crippen LogP contribution in [0.2, 0.25) is 0 Å². The van der Waals surface area contributed by atoms with Gasteiger partial charge < -0.3 is 11.1 Å². The molecule has 0 spiro atoms. The summed E-state index contributed by atoms with van der Waals surface area (Å²) in [5.74, 6) is -0.0140. The number of likely N-dealkylation sites (tertiary alicyclic amines) is 1. The van der Waals surface area contributed by atoms with Gasteiger partial charge in [-0.15, -0.1) is 24.8 Å². The zero-order chi connectivity index (χ0) is 14.7. The lowest BCUT2D eigenvalue weighted by Crippen LogP contribution is -2.42. The van der Waals surface area contributed by atoms with E-state index in [0.29, 0.717) is 6.54 Å². The fourth-order valence-electron chi connectivity index (χ4n) is 2.86. The molecule has 3 rings (SSSR count). The zero-order valence-electron chi connectivity index (χ0n) is 13.4. The first kappa shape index (κ1) is 20.2. The molecule has 130 valence electrons. The average molecular weight is 360 g/mol. The number of nitrogens with one attached hydrogen (secondary N) is 1. The van der Waals surface area contributed by atoms with Gasteiger partial charge in [0.05, 0.1) is 5.54 Å². The molecule has 1 aliphatic heterocycles. The van der Waals surface area contributed by atoms with Gasteiger partial charge >= 0.3 is 0 Å². The first-order valence-corrected chi connectivity index (χ1v) is 8.03. The number of piperidine rings is 1. The molecule has 1 aromatic carbocycles. The lowest BCUT2D eigenvalue weighted by atomic mass is 10.1. The Balaban J connectivity index is 0.00000132. The molecule has 1 saturated carbocycles. The Hall–Kier alpha value is -0.810. The molecule has 1 aromatic rings. The van der Waals surface area contributed by atoms with E-state index in [1.165, 1.54) is 37.9 Å². The Bertz CT molecular complexity index is 497. The maximum Gasteiger partial charge on any atom is 0.240 e. The van der Waals surface area contributed by atoms with Crippen LogP contribution in [0.1, 0.15) is 43.2 Å². The molecule has 2 aliphatic rings. The molecule has 1 aliphatic carbocycles. The van der Waals surface area contributed by atoms with E-state index in [1.54, 1.807) is 0 Å². The van der Waals surface area contributed by atoms with E-state index in [-0.39, 0.29) is 30.7 Å². The van der Waals surface area contributed by atoms with Crippen LogP contribution in [0, 0.1) is 0 Å². The molecule has 0 unspecified atom stereocenters. The number of rotatable bonds is 5. The fourth-order valence-corrected chi connectivity index (χ4v) is 2.86. The fraction of sp³-hybridized carbons (Fsp3) is 0.588. The molecule has 1 amide bonds. The van der Waals surface area contributed by atoms with Gasteiger partial charge in [-0.25, -0.2) is 0 Å². The number of benzene rings is 1. The monoisotopic (exact) mass is 359 g/mol. The van der Waals surface area contributed by atoms with Crippen molar-refractivity contribution in [3.63, 3.8) is 0 Å². The summed E-state index contributed by atoms with van der Waals surface area (Å²) in [6.45, 7) is 4.05. The molecule has 2 fully saturated rings. The van der Waals surface area contributed by atoms with Crippen molar-refractivity contribution in [2.75, 3.05) is 13.1 Å². The van der Waals surface area contributed by atoms with Gasteiger partial charge in [0.1, 0.15) is 0 Å². The SMILES string of the molecule is Cl.Cl.NC1(C(=O)NCc2ccc(CN3CCCCC3)cc2)CC1. The number of nitrogens with two attached hydrogens (primary N) is 1. The van der Waals surface area contributed by atoms with E-state index in [2.05, 4.69) is 34.5 Å². The molecule has 0 atom stereocenters. The lowest BCUT2D eigenvalue weighted by Gasteiger charge is -2.26. The predicted octanol–water partition coefficient (Wildman–Crippen LogP) is 2.62. The summed E-state index contributed by atoms with van der Waals surface area (Å²) >= 11 is 0. The first-order chi connectivity index (χ1) is 10.2. The third-order valence-corrected chi connectivity index (χ3v) is 4.57. The molecule has 3 N–H and O–H groups in total. The quantitative estimate of drug-likeness (QED) is 0.849. The van der Waals surface area contributed by atoms with Gasteiger partial charge in [-0.3, -0.25) is 9.69 Å². The zero-order valence-corrected chi connectivity index (χ0v) is 15.1. The Morgan fingerprint density at radius 1 is 1.04 bits per heavy atom. The van der Waals surface area contributed by atoms with Gasteiger partial charge in [-0.05, 0) is 49.9 Å². The molecule has 4 nitrogen and oxygen atoms in total. The van der Waals surface area contributed by atoms with Crippen LogP contribution in [0.4, 0.5) is 0 Å². The van der Waals surface area contributed by atoms with E-state index in [1.807, 2.05) is 0 Å². The number of carbonyl (C=O) groups is 1. The summed E-state index contributed by atoms with van der Waals surface area (Å²) in [7, 11) is 0. The molecular formula is C17H27Cl2N3O. The van der Waals surface area contributed by atoms with Crippen molar-refractivity contribution in [2.45, 2.75) is 50.7 Å². The second-order valence-electron chi connectivity index (χ2n) is 6.49. The highest BCUT2D eigenvalue weighted by Crippen LogP contribution is 2.32. The summed E-state index contributed by atoms with van der Waals surface area (Å²) in [6, 6.07) is 8.56. The summed E-state index contributed by atoms with van der Waals surface area (Å²) in [6.07, 6.45) is 5.65. The Morgan fingerprint density at radius 3 is 2.17 bits per heavy atom. The van der Waals surface area contributed by atoms with E-state index >= 15 is 0 Å². The largest absolute Gasteiger partial charge is 0.350 e. The highest BCUT2D eigenvalue weighted by atomic mass is 35.5. The van der Waals surface area contributed by atoms with Gasteiger partial charge in [-0.2, -0.15) is 0 Å². The van der Waals surface area contributed by atoms with Crippen LogP contribution in [-0.2, 0) is 17.9 Å². The van der Waals surface area contributed by atoms with Crippen molar-refractivity contribution in [1.29, 1.82) is 0 Å². The highest BCUT2D eigenvalue weighted by Gasteiger charge is 2.45. The van der Waals surface area contributed by atoms with Crippen LogP contribution in [0.25, 0.3) is 0 Å². The molecule has 0 aromatic heterocycles. The van der Waals surface area contributed by atoms with Crippen LogP contribution in [0.5, 0.6) is 0 Å². The van der Waals surface area contributed by atoms with E-state index in [0.717, 1.165) is 24.9 Å². The number of halogens is 2. The second kappa shape index (κ2) is 8.88. The van der Waals surface area contributed by atoms with Crippen molar-refractivity contribution in [3.8, 4) is 0 Å². The molecular weight excluding hydrogens is 333 g/mol. The van der Waals surface area contributed by atoms with E-state index in [4.69, 9.17) is 5.73 Å². The third kappa shape index (κ3) is 5.64. The van der Waals surface area contributed by atoms with Crippen LogP contribution in [0.3, 0.4) is 0 Å². The molecule has 1 heterocycles. The number of carbonyl (C=O) groups excluding carboxylic acids is 1. The van der Waals surface area contributed by atoms with E-state index in [9.17, 15) is 4.79 Å². The first-order valence-electron chi connectivity index (χ1n) is 8.03. The van der Waals surface area contributed by atoms with Gasteiger partial charge in [0.25, 0.3) is 0 Å². The Kier molecular flexibility index (Phi) is 7.81. The minimum Gasteiger partial charge on any atom is -0.350 e. The molecule has 0 radical (unpaired) electrons. The van der Waals surface area contributed by atoms with Gasteiger partial charge in [-0.1, -0.05) is 30.7 Å². The van der Waals surface area contributed by atoms with Gasteiger partial charge in [0.2, 0.25) is 5.91 Å². The smallest absolute Gasteiger partial charge is 0.240 e. The normalized spacial score (nSPS) is 19.2. The second-order valence-corrected chi connectivity index (χ2v) is 6.49. The predicted molar refractivity (Wildman–Crippen MR) is 98.1 cm³/mol. The van der Waals surface area contributed by atoms with Gasteiger partial charge in [0.15, 0.2) is 0 Å². The van der Waals surface area contributed by atoms with Crippen molar-refractivity contribution in [3.05, 3.63) is 35.4 Å². The lowest BCUT2D eigenvalue weighted by molar-refractivity contribution is -0.123. The average Bonchev–Trinajstić information content (AvgIpc) is 3.26. The molecule has 1 saturated heterocycles. The van der Waals surface area contributed by atoms with Crippen LogP contribution < -0.4 is 11.1 Å². The maximum atomic E-state index is 11.8. The topological polar surface area (TPSA) is 58.4 Å². The summed E-state index contributed by atoms with van der Waals surface area (Å²) < 4.78 is 0. The van der Waals surface area contributed by atoms with Crippen LogP contribution >= 0.6 is 24.8 Å². The number of hydrogen-bond donors (Lipinski definition) is 2. The molecule has 6 heteroatoms. The third-order valence-electron chi connectivity index (χ3n) is 4.57.